The predicted molar refractivity (Wildman–Crippen MR) is 191 cm³/mol. The molecule has 5 N–H and O–H groups in total. The van der Waals surface area contributed by atoms with Crippen LogP contribution in [0.5, 0.6) is 0 Å². The number of halogens is 1. The zero-order valence-electron chi connectivity index (χ0n) is 27.6. The fraction of sp³-hybridized carbons (Fsp3) is 0.314. The highest BCUT2D eigenvalue weighted by molar-refractivity contribution is 7.15. The number of aryl methyl sites for hydroxylation is 2. The third kappa shape index (κ3) is 8.17. The van der Waals surface area contributed by atoms with Crippen LogP contribution in [0.3, 0.4) is 0 Å². The van der Waals surface area contributed by atoms with Gasteiger partial charge in [-0.05, 0) is 56.7 Å². The van der Waals surface area contributed by atoms with Crippen molar-refractivity contribution < 1.29 is 19.1 Å². The Labute approximate surface area is 293 Å². The molecule has 0 radical (unpaired) electrons. The fourth-order valence-electron chi connectivity index (χ4n) is 5.38. The molecule has 5 rings (SSSR count). The summed E-state index contributed by atoms with van der Waals surface area (Å²) in [5.74, 6) is 5.91. The number of nitrogens with two attached hydrogens (primary N) is 1. The van der Waals surface area contributed by atoms with E-state index in [1.807, 2.05) is 35.8 Å². The molecular formula is C35H37ClN8O4S. The minimum Gasteiger partial charge on any atom is -0.465 e. The van der Waals surface area contributed by atoms with Crippen molar-refractivity contribution in [1.82, 2.24) is 25.4 Å². The monoisotopic (exact) mass is 700 g/mol. The Kier molecular flexibility index (Phi) is 11.5. The lowest BCUT2D eigenvalue weighted by Gasteiger charge is -2.13. The standard InChI is InChI=1S/C35H37ClN8O4S/c1-20-21(2)49-34-31(20)32(24-7-10-25(36)11-8-24)41-28(33-43-42-22(3)44(33)34)19-30(46)39-15-13-29(45)40-17-16-38-26-12-9-23(6-5-14-37)27(18-26)35(47)48-4/h7-12,18,28,38H,13-17,19,37H2,1-4H3,(H,39,46)(H,40,45)/t28-/m0/s1. The molecule has 3 heterocycles. The molecule has 254 valence electrons. The van der Waals surface area contributed by atoms with Crippen molar-refractivity contribution in [2.45, 2.75) is 39.7 Å². The molecule has 1 atom stereocenters. The van der Waals surface area contributed by atoms with E-state index in [9.17, 15) is 14.4 Å². The van der Waals surface area contributed by atoms with Crippen LogP contribution in [0.1, 0.15) is 68.0 Å². The quantitative estimate of drug-likeness (QED) is 0.104. The van der Waals surface area contributed by atoms with Gasteiger partial charge in [0.05, 0.1) is 31.4 Å². The van der Waals surface area contributed by atoms with Crippen LogP contribution in [-0.2, 0) is 14.3 Å². The molecule has 0 saturated carbocycles. The summed E-state index contributed by atoms with van der Waals surface area (Å²) in [5, 5.41) is 19.2. The van der Waals surface area contributed by atoms with E-state index < -0.39 is 12.0 Å². The van der Waals surface area contributed by atoms with E-state index >= 15 is 0 Å². The van der Waals surface area contributed by atoms with Crippen molar-refractivity contribution in [3.63, 3.8) is 0 Å². The lowest BCUT2D eigenvalue weighted by molar-refractivity contribution is -0.122. The molecule has 49 heavy (non-hydrogen) atoms. The molecule has 2 aromatic carbocycles. The van der Waals surface area contributed by atoms with Gasteiger partial charge in [0.1, 0.15) is 16.9 Å². The normalized spacial score (nSPS) is 13.2. The molecular weight excluding hydrogens is 664 g/mol. The average molecular weight is 701 g/mol. The van der Waals surface area contributed by atoms with E-state index in [0.717, 1.165) is 32.3 Å². The number of amides is 2. The van der Waals surface area contributed by atoms with Crippen LogP contribution in [0.15, 0.2) is 47.5 Å². The summed E-state index contributed by atoms with van der Waals surface area (Å²) in [6.45, 7) is 7.10. The number of methoxy groups -OCH3 is 1. The Morgan fingerprint density at radius 1 is 1.02 bits per heavy atom. The van der Waals surface area contributed by atoms with Gasteiger partial charge in [0.15, 0.2) is 5.82 Å². The number of aromatic nitrogens is 3. The Hall–Kier alpha value is -5.03. The molecule has 0 spiro atoms. The third-order valence-corrected chi connectivity index (χ3v) is 9.38. The summed E-state index contributed by atoms with van der Waals surface area (Å²) in [4.78, 5) is 44.2. The SMILES string of the molecule is COC(=O)c1cc(NCCNC(=O)CCNC(=O)C[C@@H]2N=C(c3ccc(Cl)cc3)c3c(sc(C)c3C)-n3c(C)nnc32)ccc1C#CCN. The molecule has 12 nitrogen and oxygen atoms in total. The summed E-state index contributed by atoms with van der Waals surface area (Å²) >= 11 is 7.84. The van der Waals surface area contributed by atoms with E-state index in [2.05, 4.69) is 51.8 Å². The Morgan fingerprint density at radius 2 is 1.78 bits per heavy atom. The number of thiophene rings is 1. The van der Waals surface area contributed by atoms with E-state index in [0.29, 0.717) is 46.6 Å². The number of fused-ring (bicyclic) bond motifs is 3. The number of aliphatic imine (C=N–C) groups is 1. The van der Waals surface area contributed by atoms with E-state index in [-0.39, 0.29) is 37.7 Å². The van der Waals surface area contributed by atoms with Crippen LogP contribution < -0.4 is 21.7 Å². The van der Waals surface area contributed by atoms with Gasteiger partial charge in [-0.3, -0.25) is 19.1 Å². The second kappa shape index (κ2) is 15.9. The first-order valence-corrected chi connectivity index (χ1v) is 16.9. The highest BCUT2D eigenvalue weighted by atomic mass is 35.5. The van der Waals surface area contributed by atoms with Gasteiger partial charge in [-0.15, -0.1) is 21.5 Å². The number of hydrogen-bond donors (Lipinski definition) is 4. The number of benzene rings is 2. The maximum absolute atomic E-state index is 13.2. The van der Waals surface area contributed by atoms with Gasteiger partial charge in [-0.2, -0.15) is 0 Å². The van der Waals surface area contributed by atoms with Crippen molar-refractivity contribution in [3.8, 4) is 16.8 Å². The van der Waals surface area contributed by atoms with Crippen LogP contribution in [0.4, 0.5) is 5.69 Å². The number of carbonyl (C=O) groups is 3. The van der Waals surface area contributed by atoms with Crippen molar-refractivity contribution in [3.05, 3.63) is 91.8 Å². The highest BCUT2D eigenvalue weighted by Crippen LogP contribution is 2.39. The summed E-state index contributed by atoms with van der Waals surface area (Å²) in [5.41, 5.74) is 10.7. The fourth-order valence-corrected chi connectivity index (χ4v) is 6.72. The van der Waals surface area contributed by atoms with Gasteiger partial charge >= 0.3 is 5.97 Å². The maximum Gasteiger partial charge on any atom is 0.339 e. The minimum absolute atomic E-state index is 0.0257. The summed E-state index contributed by atoms with van der Waals surface area (Å²) < 4.78 is 6.86. The van der Waals surface area contributed by atoms with Crippen molar-refractivity contribution in [1.29, 1.82) is 0 Å². The molecule has 2 amide bonds. The lowest BCUT2D eigenvalue weighted by atomic mass is 9.99. The summed E-state index contributed by atoms with van der Waals surface area (Å²) in [6.07, 6.45) is 0.125. The second-order valence-electron chi connectivity index (χ2n) is 11.2. The van der Waals surface area contributed by atoms with E-state index in [1.54, 1.807) is 29.5 Å². The molecule has 0 bridgehead atoms. The van der Waals surface area contributed by atoms with Crippen molar-refractivity contribution in [2.24, 2.45) is 10.7 Å². The molecule has 1 aliphatic heterocycles. The summed E-state index contributed by atoms with van der Waals surface area (Å²) in [7, 11) is 1.30. The molecule has 4 aromatic rings. The molecule has 14 heteroatoms. The second-order valence-corrected chi connectivity index (χ2v) is 12.9. The Morgan fingerprint density at radius 3 is 2.51 bits per heavy atom. The zero-order valence-corrected chi connectivity index (χ0v) is 29.2. The average Bonchev–Trinajstić information content (AvgIpc) is 3.57. The largest absolute Gasteiger partial charge is 0.465 e. The molecule has 2 aromatic heterocycles. The van der Waals surface area contributed by atoms with Crippen molar-refractivity contribution in [2.75, 3.05) is 38.6 Å². The van der Waals surface area contributed by atoms with Gasteiger partial charge in [-0.25, -0.2) is 4.79 Å². The number of ether oxygens (including phenoxy) is 1. The first-order chi connectivity index (χ1) is 23.6. The molecule has 0 saturated heterocycles. The van der Waals surface area contributed by atoms with Gasteiger partial charge in [0.2, 0.25) is 11.8 Å². The van der Waals surface area contributed by atoms with Gasteiger partial charge < -0.3 is 26.4 Å². The van der Waals surface area contributed by atoms with Crippen LogP contribution in [-0.4, -0.2) is 71.5 Å². The number of esters is 1. The van der Waals surface area contributed by atoms with Gasteiger partial charge in [0, 0.05) is 58.3 Å². The zero-order chi connectivity index (χ0) is 35.1. The number of nitrogens with one attached hydrogen (secondary N) is 3. The number of anilines is 1. The Bertz CT molecular complexity index is 1970. The van der Waals surface area contributed by atoms with E-state index in [1.165, 1.54) is 7.11 Å². The number of carbonyl (C=O) groups excluding carboxylic acids is 3. The Balaban J connectivity index is 1.18. The van der Waals surface area contributed by atoms with Crippen LogP contribution in [0.25, 0.3) is 5.00 Å². The topological polar surface area (TPSA) is 166 Å². The maximum atomic E-state index is 13.2. The minimum atomic E-state index is -0.604. The number of rotatable bonds is 11. The highest BCUT2D eigenvalue weighted by Gasteiger charge is 2.32. The first kappa shape index (κ1) is 35.3. The molecule has 0 fully saturated rings. The van der Waals surface area contributed by atoms with Gasteiger partial charge in [0.25, 0.3) is 0 Å². The molecule has 0 unspecified atom stereocenters. The first-order valence-electron chi connectivity index (χ1n) is 15.7. The number of hydrogen-bond acceptors (Lipinski definition) is 10. The van der Waals surface area contributed by atoms with Crippen LogP contribution in [0, 0.1) is 32.6 Å². The molecule has 0 aliphatic carbocycles. The van der Waals surface area contributed by atoms with Crippen molar-refractivity contribution >= 4 is 52.1 Å². The predicted octanol–water partition coefficient (Wildman–Crippen LogP) is 4.02. The van der Waals surface area contributed by atoms with Crippen LogP contribution in [0.2, 0.25) is 5.02 Å². The third-order valence-electron chi connectivity index (χ3n) is 7.94. The van der Waals surface area contributed by atoms with Crippen LogP contribution >= 0.6 is 22.9 Å². The molecule has 1 aliphatic rings. The summed E-state index contributed by atoms with van der Waals surface area (Å²) in [6, 6.07) is 12.0. The van der Waals surface area contributed by atoms with Gasteiger partial charge in [-0.1, -0.05) is 35.6 Å². The van der Waals surface area contributed by atoms with E-state index in [4.69, 9.17) is 27.1 Å². The number of nitrogens with zero attached hydrogens (tertiary/aromatic N) is 4. The lowest BCUT2D eigenvalue weighted by Crippen LogP contribution is -2.33. The smallest absolute Gasteiger partial charge is 0.339 e.